The van der Waals surface area contributed by atoms with Crippen LogP contribution in [0.4, 0.5) is 0 Å². The summed E-state index contributed by atoms with van der Waals surface area (Å²) in [5.74, 6) is -2.33. The number of para-hydroxylation sites is 1. The van der Waals surface area contributed by atoms with Gasteiger partial charge in [0.25, 0.3) is 0 Å². The summed E-state index contributed by atoms with van der Waals surface area (Å²) in [6.07, 6.45) is 0.899. The average molecular weight is 439 g/mol. The van der Waals surface area contributed by atoms with E-state index in [1.54, 1.807) is 11.8 Å². The van der Waals surface area contributed by atoms with Crippen LogP contribution >= 0.6 is 0 Å². The highest BCUT2D eigenvalue weighted by Crippen LogP contribution is 2.43. The van der Waals surface area contributed by atoms with Crippen molar-refractivity contribution < 1.29 is 23.9 Å². The molecule has 5 rings (SSSR count). The Bertz CT molecular complexity index is 1060. The molecule has 0 bridgehead atoms. The van der Waals surface area contributed by atoms with E-state index in [9.17, 15) is 14.4 Å². The van der Waals surface area contributed by atoms with Gasteiger partial charge in [0.1, 0.15) is 6.61 Å². The number of cyclic esters (lactones) is 1. The number of fused-ring (bicyclic) bond motifs is 5. The van der Waals surface area contributed by atoms with E-state index in [1.165, 1.54) is 0 Å². The van der Waals surface area contributed by atoms with Gasteiger partial charge in [-0.3, -0.25) is 9.59 Å². The summed E-state index contributed by atoms with van der Waals surface area (Å²) in [6.45, 7) is 10.1. The van der Waals surface area contributed by atoms with Gasteiger partial charge in [-0.25, -0.2) is 9.78 Å². The Kier molecular flexibility index (Phi) is 7.28. The summed E-state index contributed by atoms with van der Waals surface area (Å²) in [6, 6.07) is 9.83. The summed E-state index contributed by atoms with van der Waals surface area (Å²) in [5, 5.41) is 1.01. The molecular weight excluding hydrogens is 408 g/mol. The van der Waals surface area contributed by atoms with Gasteiger partial charge < -0.3 is 14.4 Å². The first-order chi connectivity index (χ1) is 15.6. The monoisotopic (exact) mass is 438 g/mol. The van der Waals surface area contributed by atoms with Crippen LogP contribution in [0.2, 0.25) is 0 Å². The average Bonchev–Trinajstić information content (AvgIpc) is 3.19. The van der Waals surface area contributed by atoms with Crippen LogP contribution in [0, 0.1) is 11.8 Å². The fourth-order valence-corrected chi connectivity index (χ4v) is 4.16. The van der Waals surface area contributed by atoms with Crippen molar-refractivity contribution >= 4 is 34.4 Å². The second-order valence-corrected chi connectivity index (χ2v) is 7.24. The van der Waals surface area contributed by atoms with Crippen LogP contribution in [0.1, 0.15) is 52.3 Å². The first-order valence-electron chi connectivity index (χ1n) is 11.3. The minimum atomic E-state index is -1.10. The third-order valence-electron chi connectivity index (χ3n) is 5.60. The van der Waals surface area contributed by atoms with Crippen molar-refractivity contribution in [2.24, 2.45) is 11.8 Å². The summed E-state index contributed by atoms with van der Waals surface area (Å²) in [7, 11) is 0. The molecule has 4 heterocycles. The quantitative estimate of drug-likeness (QED) is 0.657. The number of aromatic nitrogens is 1. The summed E-state index contributed by atoms with van der Waals surface area (Å²) < 4.78 is 10.5. The van der Waals surface area contributed by atoms with Gasteiger partial charge in [0.05, 0.1) is 29.4 Å². The van der Waals surface area contributed by atoms with Crippen molar-refractivity contribution in [1.29, 1.82) is 0 Å². The highest BCUT2D eigenvalue weighted by Gasteiger charge is 2.51. The molecule has 1 saturated heterocycles. The molecule has 1 amide bonds. The van der Waals surface area contributed by atoms with Gasteiger partial charge in [-0.15, -0.1) is 0 Å². The highest BCUT2D eigenvalue weighted by molar-refractivity contribution is 5.96. The zero-order chi connectivity index (χ0) is 23.4. The zero-order valence-corrected chi connectivity index (χ0v) is 19.3. The zero-order valence-electron chi connectivity index (χ0n) is 19.3. The first-order valence-corrected chi connectivity index (χ1v) is 11.3. The van der Waals surface area contributed by atoms with Crippen molar-refractivity contribution in [3.05, 3.63) is 47.7 Å². The summed E-state index contributed by atoms with van der Waals surface area (Å²) in [5.41, 5.74) is 3.23. The second kappa shape index (κ2) is 9.94. The molecule has 3 atom stereocenters. The van der Waals surface area contributed by atoms with E-state index in [2.05, 4.69) is 0 Å². The lowest BCUT2D eigenvalue weighted by atomic mass is 9.81. The molecule has 1 fully saturated rings. The number of carbonyl (C=O) groups is 3. The molecule has 32 heavy (non-hydrogen) atoms. The third-order valence-corrected chi connectivity index (χ3v) is 5.60. The predicted molar refractivity (Wildman–Crippen MR) is 121 cm³/mol. The van der Waals surface area contributed by atoms with Gasteiger partial charge >= 0.3 is 11.9 Å². The molecule has 3 aliphatic heterocycles. The molecule has 1 aromatic carbocycles. The van der Waals surface area contributed by atoms with E-state index in [0.717, 1.165) is 22.2 Å². The van der Waals surface area contributed by atoms with Crippen molar-refractivity contribution in [1.82, 2.24) is 9.88 Å². The lowest BCUT2D eigenvalue weighted by Crippen LogP contribution is -2.52. The number of benzene rings is 1. The lowest BCUT2D eigenvalue weighted by Gasteiger charge is -2.39. The van der Waals surface area contributed by atoms with Crippen LogP contribution in [-0.4, -0.2) is 40.4 Å². The smallest absolute Gasteiger partial charge is 0.348 e. The van der Waals surface area contributed by atoms with Crippen LogP contribution in [0.3, 0.4) is 0 Å². The molecule has 1 aromatic heterocycles. The Labute approximate surface area is 188 Å². The maximum absolute atomic E-state index is 13.1. The third kappa shape index (κ3) is 3.99. The largest absolute Gasteiger partial charge is 0.462 e. The fraction of sp³-hybridized carbons (Fsp3) is 0.440. The number of ether oxygens (including phenoxy) is 2. The number of carbonyl (C=O) groups excluding carboxylic acids is 3. The van der Waals surface area contributed by atoms with Gasteiger partial charge in [-0.2, -0.15) is 0 Å². The SMILES string of the molecule is CC.CC.CCC(=O)OC1C(=O)OCC2C(=O)N3Cc4cc5ccccc5nc4C3=CC21. The number of pyridine rings is 1. The van der Waals surface area contributed by atoms with E-state index in [4.69, 9.17) is 14.5 Å². The van der Waals surface area contributed by atoms with Crippen LogP contribution in [0.15, 0.2) is 36.4 Å². The van der Waals surface area contributed by atoms with Crippen LogP contribution in [-0.2, 0) is 30.4 Å². The van der Waals surface area contributed by atoms with Crippen LogP contribution < -0.4 is 0 Å². The Hall–Kier alpha value is -3.22. The van der Waals surface area contributed by atoms with Gasteiger partial charge in [0.15, 0.2) is 0 Å². The molecule has 7 heteroatoms. The fourth-order valence-electron chi connectivity index (χ4n) is 4.16. The predicted octanol–water partition coefficient (Wildman–Crippen LogP) is 4.09. The standard InChI is InChI=1S/C21H18N2O5.2C2H6/c1-2-17(24)28-19-13-8-16-18-12(7-11-5-3-4-6-15(11)22-18)9-23(16)20(25)14(13)10-27-21(19)26;2*1-2/h3-8,13-14,19H,2,9-10H2,1H3;2*1-2H3. The van der Waals surface area contributed by atoms with E-state index in [0.29, 0.717) is 12.2 Å². The number of esters is 2. The van der Waals surface area contributed by atoms with E-state index >= 15 is 0 Å². The maximum atomic E-state index is 13.1. The lowest BCUT2D eigenvalue weighted by molar-refractivity contribution is -0.183. The molecule has 7 nitrogen and oxygen atoms in total. The van der Waals surface area contributed by atoms with Crippen molar-refractivity contribution in [2.75, 3.05) is 6.61 Å². The minimum Gasteiger partial charge on any atom is -0.462 e. The first kappa shape index (κ1) is 23.4. The van der Waals surface area contributed by atoms with E-state index in [-0.39, 0.29) is 18.9 Å². The van der Waals surface area contributed by atoms with Crippen molar-refractivity contribution in [2.45, 2.75) is 53.7 Å². The molecule has 0 saturated carbocycles. The molecule has 0 spiro atoms. The topological polar surface area (TPSA) is 85.8 Å². The van der Waals surface area contributed by atoms with Crippen molar-refractivity contribution in [3.63, 3.8) is 0 Å². The van der Waals surface area contributed by atoms with E-state index < -0.39 is 29.9 Å². The Morgan fingerprint density at radius 3 is 2.62 bits per heavy atom. The van der Waals surface area contributed by atoms with Crippen LogP contribution in [0.5, 0.6) is 0 Å². The summed E-state index contributed by atoms with van der Waals surface area (Å²) in [4.78, 5) is 43.6. The van der Waals surface area contributed by atoms with Gasteiger partial charge in [-0.1, -0.05) is 58.9 Å². The number of amides is 1. The van der Waals surface area contributed by atoms with Gasteiger partial charge in [0, 0.05) is 23.3 Å². The second-order valence-electron chi connectivity index (χ2n) is 7.24. The number of hydrogen-bond donors (Lipinski definition) is 0. The molecule has 0 aliphatic carbocycles. The molecular formula is C25H30N2O5. The Balaban J connectivity index is 0.000000686. The van der Waals surface area contributed by atoms with Gasteiger partial charge in [-0.05, 0) is 12.1 Å². The number of hydrogen-bond acceptors (Lipinski definition) is 6. The molecule has 170 valence electrons. The Morgan fingerprint density at radius 1 is 1.19 bits per heavy atom. The van der Waals surface area contributed by atoms with Gasteiger partial charge in [0.2, 0.25) is 12.0 Å². The number of rotatable bonds is 2. The molecule has 0 N–H and O–H groups in total. The molecule has 3 unspecified atom stereocenters. The molecule has 3 aliphatic rings. The normalized spacial score (nSPS) is 22.7. The summed E-state index contributed by atoms with van der Waals surface area (Å²) >= 11 is 0. The maximum Gasteiger partial charge on any atom is 0.348 e. The molecule has 0 radical (unpaired) electrons. The van der Waals surface area contributed by atoms with Crippen LogP contribution in [0.25, 0.3) is 16.6 Å². The van der Waals surface area contributed by atoms with E-state index in [1.807, 2.05) is 64.1 Å². The minimum absolute atomic E-state index is 0.00542. The highest BCUT2D eigenvalue weighted by atomic mass is 16.6. The van der Waals surface area contributed by atoms with Crippen molar-refractivity contribution in [3.8, 4) is 0 Å². The number of nitrogens with zero attached hydrogens (tertiary/aromatic N) is 2. The Morgan fingerprint density at radius 2 is 1.91 bits per heavy atom. The molecule has 2 aromatic rings.